The Balaban J connectivity index is 1.73. The Kier molecular flexibility index (Phi) is 6.33. The first-order chi connectivity index (χ1) is 15.0. The number of aromatic nitrogens is 2. The van der Waals surface area contributed by atoms with E-state index in [-0.39, 0.29) is 18.0 Å². The van der Waals surface area contributed by atoms with Gasteiger partial charge in [-0.3, -0.25) is 4.79 Å². The van der Waals surface area contributed by atoms with E-state index >= 15 is 0 Å². The molecule has 0 saturated heterocycles. The molecule has 0 unspecified atom stereocenters. The number of ether oxygens (including phenoxy) is 2. The molecule has 5 nitrogen and oxygen atoms in total. The number of carbonyl (C=O) groups excluding carboxylic acids is 1. The zero-order valence-corrected chi connectivity index (χ0v) is 18.9. The van der Waals surface area contributed by atoms with Crippen molar-refractivity contribution in [2.24, 2.45) is 5.92 Å². The number of fused-ring (bicyclic) bond motifs is 1. The molecule has 4 rings (SSSR count). The van der Waals surface area contributed by atoms with Gasteiger partial charge in [-0.25, -0.2) is 4.68 Å². The molecule has 1 heterocycles. The zero-order valence-electron chi connectivity index (χ0n) is 18.1. The van der Waals surface area contributed by atoms with Crippen LogP contribution in [0.15, 0.2) is 48.5 Å². The predicted octanol–water partition coefficient (Wildman–Crippen LogP) is 5.65. The van der Waals surface area contributed by atoms with Gasteiger partial charge in [0.1, 0.15) is 17.5 Å². The maximum Gasteiger partial charge on any atom is 0.309 e. The molecule has 31 heavy (non-hydrogen) atoms. The first-order valence-corrected chi connectivity index (χ1v) is 11.1. The highest BCUT2D eigenvalue weighted by Gasteiger charge is 2.33. The van der Waals surface area contributed by atoms with Crippen molar-refractivity contribution in [3.8, 4) is 22.7 Å². The van der Waals surface area contributed by atoms with Crippen molar-refractivity contribution in [3.05, 3.63) is 64.8 Å². The van der Waals surface area contributed by atoms with Crippen LogP contribution in [-0.2, 0) is 22.4 Å². The Bertz CT molecular complexity index is 1070. The van der Waals surface area contributed by atoms with E-state index < -0.39 is 0 Å². The van der Waals surface area contributed by atoms with Crippen LogP contribution in [0.5, 0.6) is 5.75 Å². The van der Waals surface area contributed by atoms with Crippen LogP contribution >= 0.6 is 11.6 Å². The lowest BCUT2D eigenvalue weighted by atomic mass is 10.0. The number of para-hydroxylation sites is 2. The normalized spacial score (nSPS) is 15.2. The second-order valence-corrected chi connectivity index (χ2v) is 8.28. The van der Waals surface area contributed by atoms with Crippen molar-refractivity contribution in [1.82, 2.24) is 9.78 Å². The summed E-state index contributed by atoms with van der Waals surface area (Å²) >= 11 is 6.13. The van der Waals surface area contributed by atoms with Crippen molar-refractivity contribution < 1.29 is 14.3 Å². The van der Waals surface area contributed by atoms with E-state index in [4.69, 9.17) is 26.2 Å². The first kappa shape index (κ1) is 21.4. The number of hydrogen-bond donors (Lipinski definition) is 0. The second kappa shape index (κ2) is 9.15. The first-order valence-electron chi connectivity index (χ1n) is 10.8. The van der Waals surface area contributed by atoms with Gasteiger partial charge < -0.3 is 9.47 Å². The Morgan fingerprint density at radius 3 is 2.52 bits per heavy atom. The molecule has 0 radical (unpaired) electrons. The van der Waals surface area contributed by atoms with Crippen molar-refractivity contribution in [2.75, 3.05) is 7.11 Å². The van der Waals surface area contributed by atoms with Gasteiger partial charge in [-0.15, -0.1) is 0 Å². The van der Waals surface area contributed by atoms with E-state index in [0.717, 1.165) is 46.8 Å². The average molecular weight is 439 g/mol. The van der Waals surface area contributed by atoms with Gasteiger partial charge in [0.15, 0.2) is 0 Å². The highest BCUT2D eigenvalue weighted by Crippen LogP contribution is 2.37. The Morgan fingerprint density at radius 1 is 1.13 bits per heavy atom. The van der Waals surface area contributed by atoms with Crippen LogP contribution in [0.4, 0.5) is 0 Å². The van der Waals surface area contributed by atoms with Gasteiger partial charge in [0.2, 0.25) is 0 Å². The van der Waals surface area contributed by atoms with E-state index in [1.807, 2.05) is 67.1 Å². The second-order valence-electron chi connectivity index (χ2n) is 7.84. The molecule has 3 aromatic rings. The number of esters is 1. The summed E-state index contributed by atoms with van der Waals surface area (Å²) in [6.45, 7) is 4.05. The molecular formula is C25H27ClN2O3. The highest BCUT2D eigenvalue weighted by atomic mass is 35.5. The number of methoxy groups -OCH3 is 1. The maximum absolute atomic E-state index is 12.5. The number of hydrogen-bond acceptors (Lipinski definition) is 4. The monoisotopic (exact) mass is 438 g/mol. The molecule has 1 aromatic heterocycles. The van der Waals surface area contributed by atoms with Crippen LogP contribution in [0.2, 0.25) is 5.02 Å². The molecule has 0 N–H and O–H groups in total. The molecule has 1 atom stereocenters. The quantitative estimate of drug-likeness (QED) is 0.447. The third-order valence-electron chi connectivity index (χ3n) is 5.95. The molecule has 1 aliphatic carbocycles. The molecule has 6 heteroatoms. The van der Waals surface area contributed by atoms with Crippen LogP contribution in [0.3, 0.4) is 0 Å². The molecule has 0 aliphatic heterocycles. The smallest absolute Gasteiger partial charge is 0.309 e. The predicted molar refractivity (Wildman–Crippen MR) is 122 cm³/mol. The Morgan fingerprint density at radius 2 is 1.84 bits per heavy atom. The van der Waals surface area contributed by atoms with Crippen molar-refractivity contribution >= 4 is 17.6 Å². The molecule has 2 aromatic carbocycles. The van der Waals surface area contributed by atoms with Gasteiger partial charge in [0.25, 0.3) is 0 Å². The summed E-state index contributed by atoms with van der Waals surface area (Å²) in [5.41, 5.74) is 4.93. The third kappa shape index (κ3) is 4.19. The summed E-state index contributed by atoms with van der Waals surface area (Å²) in [5, 5.41) is 5.60. The minimum Gasteiger partial charge on any atom is -0.494 e. The Hall–Kier alpha value is -2.79. The lowest BCUT2D eigenvalue weighted by Gasteiger charge is -2.18. The molecule has 0 bridgehead atoms. The zero-order chi connectivity index (χ0) is 22.0. The van der Waals surface area contributed by atoms with Gasteiger partial charge in [0.05, 0.1) is 24.4 Å². The van der Waals surface area contributed by atoms with Crippen molar-refractivity contribution in [2.45, 2.75) is 45.6 Å². The number of rotatable bonds is 7. The van der Waals surface area contributed by atoms with E-state index in [0.29, 0.717) is 17.9 Å². The largest absolute Gasteiger partial charge is 0.494 e. The van der Waals surface area contributed by atoms with Crippen molar-refractivity contribution in [1.29, 1.82) is 0 Å². The SMILES string of the molecule is CCC(CC)C(=O)O[C@@H]1Cc2nn(-c3ccccc3OC)c(-c3ccc(Cl)cc3)c2C1. The molecule has 1 aliphatic rings. The lowest BCUT2D eigenvalue weighted by molar-refractivity contribution is -0.153. The van der Waals surface area contributed by atoms with Crippen LogP contribution in [0.1, 0.15) is 37.9 Å². The summed E-state index contributed by atoms with van der Waals surface area (Å²) in [5.74, 6) is 0.596. The standard InChI is InChI=1S/C25H27ClN2O3/c1-4-16(5-2)25(29)31-19-14-20-21(15-19)27-28(22-8-6-7-9-23(22)30-3)24(20)17-10-12-18(26)13-11-17/h6-13,16,19H,4-5,14-15H2,1-3H3/t19-/m0/s1. The lowest BCUT2D eigenvalue weighted by Crippen LogP contribution is -2.24. The number of halogens is 1. The minimum atomic E-state index is -0.177. The fourth-order valence-corrected chi connectivity index (χ4v) is 4.36. The molecular weight excluding hydrogens is 412 g/mol. The summed E-state index contributed by atoms with van der Waals surface area (Å²) < 4.78 is 13.4. The van der Waals surface area contributed by atoms with Gasteiger partial charge in [0, 0.05) is 29.0 Å². The van der Waals surface area contributed by atoms with Gasteiger partial charge in [-0.1, -0.05) is 49.7 Å². The van der Waals surface area contributed by atoms with Crippen LogP contribution in [0.25, 0.3) is 16.9 Å². The topological polar surface area (TPSA) is 53.3 Å². The fraction of sp³-hybridized carbons (Fsp3) is 0.360. The van der Waals surface area contributed by atoms with E-state index in [1.54, 1.807) is 7.11 Å². The molecule has 162 valence electrons. The Labute approximate surface area is 187 Å². The van der Waals surface area contributed by atoms with Crippen LogP contribution in [-0.4, -0.2) is 29.0 Å². The van der Waals surface area contributed by atoms with Crippen LogP contribution < -0.4 is 4.74 Å². The van der Waals surface area contributed by atoms with Crippen LogP contribution in [0, 0.1) is 5.92 Å². The minimum absolute atomic E-state index is 0.0443. The molecule has 0 spiro atoms. The average Bonchev–Trinajstić information content (AvgIpc) is 3.32. The highest BCUT2D eigenvalue weighted by molar-refractivity contribution is 6.30. The molecule has 0 fully saturated rings. The summed E-state index contributed by atoms with van der Waals surface area (Å²) in [6, 6.07) is 15.6. The summed E-state index contributed by atoms with van der Waals surface area (Å²) in [7, 11) is 1.66. The van der Waals surface area contributed by atoms with E-state index in [2.05, 4.69) is 0 Å². The van der Waals surface area contributed by atoms with Crippen molar-refractivity contribution in [3.63, 3.8) is 0 Å². The molecule has 0 amide bonds. The number of benzene rings is 2. The number of carbonyl (C=O) groups is 1. The third-order valence-corrected chi connectivity index (χ3v) is 6.20. The number of nitrogens with zero attached hydrogens (tertiary/aromatic N) is 2. The van der Waals surface area contributed by atoms with Gasteiger partial charge in [-0.2, -0.15) is 5.10 Å². The molecule has 0 saturated carbocycles. The summed E-state index contributed by atoms with van der Waals surface area (Å²) in [4.78, 5) is 12.5. The van der Waals surface area contributed by atoms with Gasteiger partial charge >= 0.3 is 5.97 Å². The van der Waals surface area contributed by atoms with E-state index in [9.17, 15) is 4.79 Å². The maximum atomic E-state index is 12.5. The van der Waals surface area contributed by atoms with E-state index in [1.165, 1.54) is 0 Å². The summed E-state index contributed by atoms with van der Waals surface area (Å²) in [6.07, 6.45) is 2.68. The van der Waals surface area contributed by atoms with Gasteiger partial charge in [-0.05, 0) is 37.1 Å². The fourth-order valence-electron chi connectivity index (χ4n) is 4.24.